The molecule has 1 aromatic carbocycles. The number of hydrogen-bond donors (Lipinski definition) is 0. The summed E-state index contributed by atoms with van der Waals surface area (Å²) in [6, 6.07) is 5.89. The standard InChI is InChI=1S/C23H36O8S/c1-28-22(24)14-7-9-17-30-21-13-10-12-19(20(21)15-16-23(25)29-2)11-6-4-5-8-18-31-32(3,26)27/h10,12-13H,4-9,11,14-18H2,1-3H3. The van der Waals surface area contributed by atoms with Crippen LogP contribution < -0.4 is 4.74 Å². The molecule has 182 valence electrons. The summed E-state index contributed by atoms with van der Waals surface area (Å²) in [4.78, 5) is 22.9. The highest BCUT2D eigenvalue weighted by molar-refractivity contribution is 7.85. The maximum absolute atomic E-state index is 11.7. The number of benzene rings is 1. The molecule has 1 rings (SSSR count). The summed E-state index contributed by atoms with van der Waals surface area (Å²) < 4.78 is 42.1. The van der Waals surface area contributed by atoms with Crippen LogP contribution in [0.5, 0.6) is 5.75 Å². The number of hydrogen-bond acceptors (Lipinski definition) is 8. The molecule has 0 saturated carbocycles. The van der Waals surface area contributed by atoms with Gasteiger partial charge in [-0.3, -0.25) is 13.8 Å². The second kappa shape index (κ2) is 15.6. The Morgan fingerprint density at radius 3 is 2.16 bits per heavy atom. The van der Waals surface area contributed by atoms with Gasteiger partial charge in [-0.05, 0) is 55.7 Å². The minimum Gasteiger partial charge on any atom is -0.493 e. The van der Waals surface area contributed by atoms with Crippen LogP contribution in [0, 0.1) is 0 Å². The van der Waals surface area contributed by atoms with Crippen LogP contribution in [0.4, 0.5) is 0 Å². The zero-order chi connectivity index (χ0) is 23.8. The van der Waals surface area contributed by atoms with Gasteiger partial charge in [0.15, 0.2) is 0 Å². The Balaban J connectivity index is 2.60. The first-order valence-corrected chi connectivity index (χ1v) is 12.8. The van der Waals surface area contributed by atoms with Crippen LogP contribution in [-0.2, 0) is 46.2 Å². The van der Waals surface area contributed by atoms with Gasteiger partial charge in [-0.25, -0.2) is 0 Å². The van der Waals surface area contributed by atoms with Gasteiger partial charge in [0.2, 0.25) is 0 Å². The molecule has 0 amide bonds. The second-order valence-corrected chi connectivity index (χ2v) is 9.19. The molecule has 0 fully saturated rings. The summed E-state index contributed by atoms with van der Waals surface area (Å²) in [6.07, 6.45) is 7.93. The molecule has 0 heterocycles. The Bertz CT molecular complexity index is 804. The van der Waals surface area contributed by atoms with Gasteiger partial charge < -0.3 is 14.2 Å². The number of rotatable bonds is 17. The number of carbonyl (C=O) groups excluding carboxylic acids is 2. The third-order valence-corrected chi connectivity index (χ3v) is 5.53. The Morgan fingerprint density at radius 1 is 0.812 bits per heavy atom. The third kappa shape index (κ3) is 12.7. The van der Waals surface area contributed by atoms with Crippen LogP contribution in [0.2, 0.25) is 0 Å². The maximum atomic E-state index is 11.7. The first-order valence-electron chi connectivity index (χ1n) is 11.0. The molecule has 1 aromatic rings. The van der Waals surface area contributed by atoms with Crippen LogP contribution in [-0.4, -0.2) is 54.0 Å². The highest BCUT2D eigenvalue weighted by Crippen LogP contribution is 2.26. The number of methoxy groups -OCH3 is 2. The van der Waals surface area contributed by atoms with Crippen molar-refractivity contribution in [1.82, 2.24) is 0 Å². The van der Waals surface area contributed by atoms with Gasteiger partial charge in [0.05, 0.1) is 33.7 Å². The SMILES string of the molecule is COC(=O)CCCCOc1cccc(CCCCCCOS(C)(=O)=O)c1CCC(=O)OC. The molecule has 0 bridgehead atoms. The third-order valence-electron chi connectivity index (χ3n) is 4.94. The van der Waals surface area contributed by atoms with Crippen molar-refractivity contribution in [3.63, 3.8) is 0 Å². The van der Waals surface area contributed by atoms with E-state index < -0.39 is 10.1 Å². The van der Waals surface area contributed by atoms with E-state index in [1.807, 2.05) is 18.2 Å². The minimum absolute atomic E-state index is 0.211. The maximum Gasteiger partial charge on any atom is 0.305 e. The van der Waals surface area contributed by atoms with E-state index in [1.165, 1.54) is 14.2 Å². The minimum atomic E-state index is -3.38. The van der Waals surface area contributed by atoms with Crippen molar-refractivity contribution in [1.29, 1.82) is 0 Å². The Kier molecular flexibility index (Phi) is 13.6. The molecular formula is C23H36O8S. The first kappa shape index (κ1) is 27.9. The van der Waals surface area contributed by atoms with E-state index in [1.54, 1.807) is 0 Å². The topological polar surface area (TPSA) is 105 Å². The van der Waals surface area contributed by atoms with Crippen molar-refractivity contribution in [3.05, 3.63) is 29.3 Å². The molecule has 0 aliphatic rings. The number of unbranched alkanes of at least 4 members (excludes halogenated alkanes) is 4. The zero-order valence-corrected chi connectivity index (χ0v) is 20.2. The van der Waals surface area contributed by atoms with Crippen LogP contribution in [0.15, 0.2) is 18.2 Å². The molecule has 0 saturated heterocycles. The summed E-state index contributed by atoms with van der Waals surface area (Å²) in [5.41, 5.74) is 2.14. The predicted octanol–water partition coefficient (Wildman–Crippen LogP) is 3.59. The number of esters is 2. The number of ether oxygens (including phenoxy) is 3. The monoisotopic (exact) mass is 472 g/mol. The summed E-state index contributed by atoms with van der Waals surface area (Å²) in [6.45, 7) is 0.689. The summed E-state index contributed by atoms with van der Waals surface area (Å²) >= 11 is 0. The largest absolute Gasteiger partial charge is 0.493 e. The zero-order valence-electron chi connectivity index (χ0n) is 19.4. The van der Waals surface area contributed by atoms with Crippen molar-refractivity contribution in [3.8, 4) is 5.75 Å². The van der Waals surface area contributed by atoms with E-state index in [9.17, 15) is 18.0 Å². The lowest BCUT2D eigenvalue weighted by atomic mass is 9.97. The summed E-state index contributed by atoms with van der Waals surface area (Å²) in [5.74, 6) is 0.259. The fraction of sp³-hybridized carbons (Fsp3) is 0.652. The lowest BCUT2D eigenvalue weighted by Gasteiger charge is -2.16. The van der Waals surface area contributed by atoms with E-state index in [0.29, 0.717) is 32.3 Å². The molecule has 0 atom stereocenters. The quantitative estimate of drug-likeness (QED) is 0.192. The Morgan fingerprint density at radius 2 is 1.47 bits per heavy atom. The average molecular weight is 473 g/mol. The molecule has 0 radical (unpaired) electrons. The molecule has 0 aliphatic carbocycles. The van der Waals surface area contributed by atoms with E-state index in [0.717, 1.165) is 55.2 Å². The fourth-order valence-corrected chi connectivity index (χ4v) is 3.65. The van der Waals surface area contributed by atoms with Gasteiger partial charge in [-0.15, -0.1) is 0 Å². The van der Waals surface area contributed by atoms with Crippen LogP contribution in [0.25, 0.3) is 0 Å². The highest BCUT2D eigenvalue weighted by atomic mass is 32.2. The van der Waals surface area contributed by atoms with Gasteiger partial charge in [0.25, 0.3) is 10.1 Å². The smallest absolute Gasteiger partial charge is 0.305 e. The van der Waals surface area contributed by atoms with Gasteiger partial charge in [0.1, 0.15) is 5.75 Å². The van der Waals surface area contributed by atoms with Gasteiger partial charge in [0, 0.05) is 12.8 Å². The fourth-order valence-electron chi connectivity index (χ4n) is 3.23. The molecule has 0 aliphatic heterocycles. The molecule has 0 N–H and O–H groups in total. The van der Waals surface area contributed by atoms with E-state index in [4.69, 9.17) is 13.7 Å². The summed E-state index contributed by atoms with van der Waals surface area (Å²) in [7, 11) is -0.626. The molecule has 0 unspecified atom stereocenters. The second-order valence-electron chi connectivity index (χ2n) is 7.54. The molecular weight excluding hydrogens is 436 g/mol. The lowest BCUT2D eigenvalue weighted by molar-refractivity contribution is -0.141. The lowest BCUT2D eigenvalue weighted by Crippen LogP contribution is -2.08. The molecule has 8 nitrogen and oxygen atoms in total. The first-order chi connectivity index (χ1) is 15.3. The number of aryl methyl sites for hydroxylation is 1. The Labute approximate surface area is 191 Å². The molecule has 0 spiro atoms. The van der Waals surface area contributed by atoms with Crippen molar-refractivity contribution in [2.45, 2.75) is 64.2 Å². The predicted molar refractivity (Wildman–Crippen MR) is 121 cm³/mol. The van der Waals surface area contributed by atoms with Crippen molar-refractivity contribution in [2.24, 2.45) is 0 Å². The van der Waals surface area contributed by atoms with Crippen LogP contribution >= 0.6 is 0 Å². The van der Waals surface area contributed by atoms with Crippen LogP contribution in [0.1, 0.15) is 62.5 Å². The number of carbonyl (C=O) groups is 2. The van der Waals surface area contributed by atoms with E-state index in [-0.39, 0.29) is 25.0 Å². The van der Waals surface area contributed by atoms with Crippen molar-refractivity contribution < 1.29 is 36.4 Å². The summed E-state index contributed by atoms with van der Waals surface area (Å²) in [5, 5.41) is 0. The Hall–Kier alpha value is -2.13. The van der Waals surface area contributed by atoms with Gasteiger partial charge in [-0.1, -0.05) is 25.0 Å². The normalized spacial score (nSPS) is 11.2. The molecule has 9 heteroatoms. The molecule has 0 aromatic heterocycles. The van der Waals surface area contributed by atoms with E-state index >= 15 is 0 Å². The van der Waals surface area contributed by atoms with Crippen LogP contribution in [0.3, 0.4) is 0 Å². The van der Waals surface area contributed by atoms with Gasteiger partial charge >= 0.3 is 11.9 Å². The highest BCUT2D eigenvalue weighted by Gasteiger charge is 2.12. The average Bonchev–Trinajstić information content (AvgIpc) is 2.76. The van der Waals surface area contributed by atoms with Crippen molar-refractivity contribution >= 4 is 22.1 Å². The van der Waals surface area contributed by atoms with E-state index in [2.05, 4.69) is 4.74 Å². The van der Waals surface area contributed by atoms with Crippen molar-refractivity contribution in [2.75, 3.05) is 33.7 Å². The van der Waals surface area contributed by atoms with Gasteiger partial charge in [-0.2, -0.15) is 8.42 Å². The molecule has 32 heavy (non-hydrogen) atoms.